The predicted molar refractivity (Wildman–Crippen MR) is 86.4 cm³/mol. The van der Waals surface area contributed by atoms with Crippen molar-refractivity contribution in [1.29, 1.82) is 0 Å². The largest absolute Gasteiger partial charge is 0.394 e. The molecule has 1 aliphatic rings. The first kappa shape index (κ1) is 19.0. The highest BCUT2D eigenvalue weighted by atomic mass is 16.4. The van der Waals surface area contributed by atoms with E-state index in [0.717, 1.165) is 18.9 Å². The van der Waals surface area contributed by atoms with Crippen molar-refractivity contribution in [3.8, 4) is 0 Å². The fourth-order valence-electron chi connectivity index (χ4n) is 2.12. The predicted octanol–water partition coefficient (Wildman–Crippen LogP) is 0.163. The second-order valence-electron chi connectivity index (χ2n) is 5.16. The van der Waals surface area contributed by atoms with Gasteiger partial charge in [-0.3, -0.25) is 9.59 Å². The lowest BCUT2D eigenvalue weighted by molar-refractivity contribution is -0.154. The van der Waals surface area contributed by atoms with E-state index in [2.05, 4.69) is 11.4 Å². The van der Waals surface area contributed by atoms with Gasteiger partial charge in [0, 0.05) is 0 Å². The van der Waals surface area contributed by atoms with Crippen LogP contribution in [0.15, 0.2) is 48.6 Å². The van der Waals surface area contributed by atoms with E-state index in [4.69, 9.17) is 5.11 Å². The lowest BCUT2D eigenvalue weighted by Gasteiger charge is -2.21. The van der Waals surface area contributed by atoms with Crippen molar-refractivity contribution in [3.63, 3.8) is 0 Å². The zero-order valence-corrected chi connectivity index (χ0v) is 13.1. The van der Waals surface area contributed by atoms with Crippen LogP contribution in [-0.4, -0.2) is 51.4 Å². The smallest absolute Gasteiger partial charge is 0.263 e. The first-order chi connectivity index (χ1) is 11.0. The maximum absolute atomic E-state index is 12.0. The Kier molecular flexibility index (Phi) is 7.61. The minimum absolute atomic E-state index is 0.565. The van der Waals surface area contributed by atoms with Crippen molar-refractivity contribution in [1.82, 2.24) is 5.32 Å². The number of hydrogen-bond acceptors (Lipinski definition) is 5. The lowest BCUT2D eigenvalue weighted by atomic mass is 9.91. The van der Waals surface area contributed by atoms with Crippen molar-refractivity contribution < 1.29 is 24.9 Å². The molecule has 23 heavy (non-hydrogen) atoms. The third-order valence-electron chi connectivity index (χ3n) is 3.50. The quantitative estimate of drug-likeness (QED) is 0.168. The maximum Gasteiger partial charge on any atom is 0.263 e. The topological polar surface area (TPSA) is 107 Å². The van der Waals surface area contributed by atoms with Crippen LogP contribution in [0.1, 0.15) is 19.8 Å². The minimum atomic E-state index is -2.56. The van der Waals surface area contributed by atoms with Crippen LogP contribution in [0.3, 0.4) is 0 Å². The molecule has 0 aromatic heterocycles. The zero-order chi connectivity index (χ0) is 17.3. The summed E-state index contributed by atoms with van der Waals surface area (Å²) >= 11 is 0. The number of hydrogen-bond donors (Lipinski definition) is 4. The number of nitrogens with one attached hydrogen (secondary N) is 1. The number of aliphatic hydroxyl groups excluding tert-OH is 2. The third-order valence-corrected chi connectivity index (χ3v) is 3.50. The van der Waals surface area contributed by atoms with Crippen LogP contribution in [-0.2, 0) is 9.59 Å². The number of amides is 1. The number of ketones is 1. The Labute approximate surface area is 135 Å². The molecule has 0 spiro atoms. The standard InChI is InChI=1S/C17H23NO5/c1-2-3-4-5-6-7-8-9-10-11-14(20)17(23)15(21)13(12-19)18-16(17)22/h2-3,6-11,13,15,19,21,23H,4-5,12H2,1H3,(H,18,22)/b3-2-,7-6+,9-8+,11-10-/t13-,15-,17+/m0/s1. The van der Waals surface area contributed by atoms with E-state index in [1.165, 1.54) is 6.08 Å². The van der Waals surface area contributed by atoms with Gasteiger partial charge in [0.05, 0.1) is 12.6 Å². The molecule has 1 fully saturated rings. The summed E-state index contributed by atoms with van der Waals surface area (Å²) in [6.45, 7) is 1.40. The summed E-state index contributed by atoms with van der Waals surface area (Å²) in [6, 6.07) is -1.06. The Morgan fingerprint density at radius 1 is 1.22 bits per heavy atom. The van der Waals surface area contributed by atoms with E-state index in [-0.39, 0.29) is 0 Å². The summed E-state index contributed by atoms with van der Waals surface area (Å²) in [5.74, 6) is -1.94. The van der Waals surface area contributed by atoms with Gasteiger partial charge in [0.15, 0.2) is 5.78 Å². The van der Waals surface area contributed by atoms with Gasteiger partial charge in [-0.1, -0.05) is 42.5 Å². The molecule has 1 saturated heterocycles. The molecular weight excluding hydrogens is 298 g/mol. The summed E-state index contributed by atoms with van der Waals surface area (Å²) in [5.41, 5.74) is -2.56. The van der Waals surface area contributed by atoms with Gasteiger partial charge in [-0.2, -0.15) is 0 Å². The van der Waals surface area contributed by atoms with Crippen LogP contribution in [0.5, 0.6) is 0 Å². The Morgan fingerprint density at radius 2 is 1.87 bits per heavy atom. The van der Waals surface area contributed by atoms with Gasteiger partial charge >= 0.3 is 0 Å². The first-order valence-corrected chi connectivity index (χ1v) is 7.46. The molecule has 1 aliphatic heterocycles. The summed E-state index contributed by atoms with van der Waals surface area (Å²) in [6.07, 6.45) is 13.7. The molecule has 3 atom stereocenters. The van der Waals surface area contributed by atoms with Crippen LogP contribution in [0, 0.1) is 0 Å². The first-order valence-electron chi connectivity index (χ1n) is 7.46. The second kappa shape index (κ2) is 9.19. The number of aliphatic hydroxyl groups is 3. The van der Waals surface area contributed by atoms with E-state index >= 15 is 0 Å². The monoisotopic (exact) mass is 321 g/mol. The fraction of sp³-hybridized carbons (Fsp3) is 0.412. The van der Waals surface area contributed by atoms with Gasteiger partial charge < -0.3 is 20.6 Å². The molecule has 0 radical (unpaired) electrons. The molecule has 1 rings (SSSR count). The lowest BCUT2D eigenvalue weighted by Crippen LogP contribution is -2.52. The van der Waals surface area contributed by atoms with Gasteiger partial charge in [0.2, 0.25) is 5.60 Å². The molecule has 0 unspecified atom stereocenters. The summed E-state index contributed by atoms with van der Waals surface area (Å²) in [5, 5.41) is 31.1. The molecule has 1 amide bonds. The van der Waals surface area contributed by atoms with Gasteiger partial charge in [0.1, 0.15) is 6.10 Å². The summed E-state index contributed by atoms with van der Waals surface area (Å²) < 4.78 is 0. The van der Waals surface area contributed by atoms with Crippen molar-refractivity contribution >= 4 is 11.7 Å². The summed E-state index contributed by atoms with van der Waals surface area (Å²) in [7, 11) is 0. The molecule has 4 N–H and O–H groups in total. The normalized spacial score (nSPS) is 28.6. The van der Waals surface area contributed by atoms with Gasteiger partial charge in [-0.05, 0) is 25.8 Å². The van der Waals surface area contributed by atoms with Gasteiger partial charge in [-0.15, -0.1) is 0 Å². The molecular formula is C17H23NO5. The minimum Gasteiger partial charge on any atom is -0.394 e. The maximum atomic E-state index is 12.0. The van der Waals surface area contributed by atoms with E-state index in [1.54, 1.807) is 12.2 Å². The highest BCUT2D eigenvalue weighted by Gasteiger charge is 2.57. The Balaban J connectivity index is 2.56. The van der Waals surface area contributed by atoms with Crippen LogP contribution in [0.25, 0.3) is 0 Å². The molecule has 1 heterocycles. The molecule has 0 aromatic carbocycles. The SMILES string of the molecule is C/C=C\CC/C=C/C=C/C=C\C(=O)[C@]1(O)C(=O)N[C@@H](CO)[C@@H]1O. The van der Waals surface area contributed by atoms with Crippen molar-refractivity contribution in [2.75, 3.05) is 6.61 Å². The molecule has 6 nitrogen and oxygen atoms in total. The Bertz CT molecular complexity index is 535. The molecule has 0 aromatic rings. The second-order valence-corrected chi connectivity index (χ2v) is 5.16. The summed E-state index contributed by atoms with van der Waals surface area (Å²) in [4.78, 5) is 23.6. The highest BCUT2D eigenvalue weighted by Crippen LogP contribution is 2.23. The van der Waals surface area contributed by atoms with Gasteiger partial charge in [0.25, 0.3) is 5.91 Å². The van der Waals surface area contributed by atoms with Crippen LogP contribution in [0.2, 0.25) is 0 Å². The number of allylic oxidation sites excluding steroid dienone is 7. The van der Waals surface area contributed by atoms with E-state index < -0.39 is 36.0 Å². The van der Waals surface area contributed by atoms with Crippen LogP contribution in [0.4, 0.5) is 0 Å². The molecule has 126 valence electrons. The number of rotatable bonds is 8. The average Bonchev–Trinajstić information content (AvgIpc) is 2.77. The third kappa shape index (κ3) is 4.72. The molecule has 0 aliphatic carbocycles. The van der Waals surface area contributed by atoms with Crippen LogP contribution < -0.4 is 5.32 Å². The number of carbonyl (C=O) groups is 2. The fourth-order valence-corrected chi connectivity index (χ4v) is 2.12. The van der Waals surface area contributed by atoms with E-state index in [0.29, 0.717) is 0 Å². The molecule has 0 saturated carbocycles. The Hall–Kier alpha value is -2.02. The molecule has 6 heteroatoms. The van der Waals surface area contributed by atoms with Crippen molar-refractivity contribution in [2.24, 2.45) is 0 Å². The van der Waals surface area contributed by atoms with E-state index in [1.807, 2.05) is 25.2 Å². The van der Waals surface area contributed by atoms with Crippen molar-refractivity contribution in [2.45, 2.75) is 37.5 Å². The molecule has 0 bridgehead atoms. The average molecular weight is 321 g/mol. The van der Waals surface area contributed by atoms with Crippen molar-refractivity contribution in [3.05, 3.63) is 48.6 Å². The van der Waals surface area contributed by atoms with Gasteiger partial charge in [-0.25, -0.2) is 0 Å². The number of unbranched alkanes of at least 4 members (excludes halogenated alkanes) is 1. The van der Waals surface area contributed by atoms with E-state index in [9.17, 15) is 19.8 Å². The van der Waals surface area contributed by atoms with Crippen LogP contribution >= 0.6 is 0 Å². The number of carbonyl (C=O) groups excluding carboxylic acids is 2. The highest BCUT2D eigenvalue weighted by molar-refractivity contribution is 6.16. The zero-order valence-electron chi connectivity index (χ0n) is 13.1. The Morgan fingerprint density at radius 3 is 2.48 bits per heavy atom.